The predicted molar refractivity (Wildman–Crippen MR) is 544 cm³/mol. The minimum Gasteiger partial charge on any atom is -0.492 e. The monoisotopic (exact) mass is 1810 g/mol. The Morgan fingerprint density at radius 2 is 0.514 bits per heavy atom. The number of carbonyl (C=O) groups is 2. The molecule has 16 nitrogen and oxygen atoms in total. The van der Waals surface area contributed by atoms with Gasteiger partial charge in [0.1, 0.15) is 45.6 Å². The van der Waals surface area contributed by atoms with E-state index in [4.69, 9.17) is 58.3 Å². The fraction of sp³-hybridized carbons (Fsp3) is 0.295. The standard InChI is InChI=1S/C122H110N8O8/c1-11-15-63-133-99-83-84(104-96-95(103(83)137-104)119(73-51-35-23-36-52-73)91(69-43-27-19-28-44-69)92(70-45-29-20-30-46-70)120(96,115(119)131)74-53-37-24-38-54-74)100(134-64-16-12-2)88-87(99)111-125-107-79-61-59-77(117(5,6)7)67-81(79)109(123-107)127-113-89-90(114(130-113)128-110-82-68-78(118(8,9)10)60-62-80(82)108(124-110)126-112(88)129-111)102(136-66-18-14-4)86-85(101(89)135-65-17-13-3)105-97-98(106(86)138-105)122(76-57-41-26-42-58-76)94(72-49-33-22-34-50-72)93(71-47-31-21-32-48-71)121(97,116(122)132)75-55-39-25-40-56-75/h19-62,67-68,95-98,103-106H,11-18,63-66H2,1-10H3,(H2,123,124,125,126,127,128,129,130)/t95?,96?,97?,98?,103-,104+,105+,106-,119+,120-,121-,122+. The Kier molecular flexibility index (Phi) is 20.0. The van der Waals surface area contributed by atoms with Crippen LogP contribution in [0.4, 0.5) is 0 Å². The molecular weight excluding hydrogens is 1710 g/mol. The summed E-state index contributed by atoms with van der Waals surface area (Å²) in [6.07, 6.45) is 3.25. The molecule has 4 aliphatic carbocycles. The summed E-state index contributed by atoms with van der Waals surface area (Å²) in [7, 11) is 0. The predicted octanol–water partition coefficient (Wildman–Crippen LogP) is 27.1. The second-order valence-corrected chi connectivity index (χ2v) is 41.3. The number of Topliss-reactive ketones (excluding diaryl/α,β-unsaturated/α-hetero) is 2. The van der Waals surface area contributed by atoms with Crippen LogP contribution in [0.5, 0.6) is 23.0 Å². The van der Waals surface area contributed by atoms with E-state index >= 15 is 9.59 Å². The van der Waals surface area contributed by atoms with E-state index in [-0.39, 0.29) is 22.4 Å². The molecule has 2 N–H and O–H groups in total. The van der Waals surface area contributed by atoms with E-state index < -0.39 is 69.7 Å². The number of aromatic nitrogens is 8. The number of nitrogens with one attached hydrogen (secondary N) is 2. The summed E-state index contributed by atoms with van der Waals surface area (Å²) >= 11 is 0. The summed E-state index contributed by atoms with van der Waals surface area (Å²) in [5, 5.41) is 3.13. The van der Waals surface area contributed by atoms with Crippen LogP contribution in [0.3, 0.4) is 0 Å². The SMILES string of the molecule is CCCCOc1c2c(c(OCCCC)c3c1[C@H]1O[C@@H]3C3C1[C@@]1(c4ccccc4)C(=O)[C@]3(c3ccccc3)C(c3ccccc3)=C1c1ccccc1)-c1nc-2nc2[nH]c(nc3nc(nc4[nH]c(n1)c1cc(C(C)(C)C)ccc41)-c1c(OCCCC)c4c(c(OCCCC)c1-3)[C@@H]1O[C@H]4C3C1[C@]1(c4ccccc4)C(=O)[C@@]3(c3ccccc3)C(c3ccccc3)=C1c1ccccc1)c1ccc(C(C)(C)C)cc21. The van der Waals surface area contributed by atoms with Crippen LogP contribution in [0, 0.1) is 23.7 Å². The van der Waals surface area contributed by atoms with Gasteiger partial charge in [-0.25, -0.2) is 29.9 Å². The van der Waals surface area contributed by atoms with Crippen molar-refractivity contribution in [2.24, 2.45) is 23.7 Å². The van der Waals surface area contributed by atoms with Crippen molar-refractivity contribution in [3.63, 3.8) is 0 Å². The van der Waals surface area contributed by atoms with Gasteiger partial charge in [0.25, 0.3) is 0 Å². The van der Waals surface area contributed by atoms with Crippen molar-refractivity contribution < 1.29 is 38.0 Å². The lowest BCUT2D eigenvalue weighted by molar-refractivity contribution is -0.126. The zero-order chi connectivity index (χ0) is 93.6. The Morgan fingerprint density at radius 3 is 0.739 bits per heavy atom. The van der Waals surface area contributed by atoms with Gasteiger partial charge in [-0.3, -0.25) is 9.59 Å². The Morgan fingerprint density at radius 1 is 0.290 bits per heavy atom. The van der Waals surface area contributed by atoms with Gasteiger partial charge in [-0.15, -0.1) is 0 Å². The van der Waals surface area contributed by atoms with Crippen molar-refractivity contribution >= 4 is 78.0 Å². The number of ether oxygens (including phenoxy) is 6. The number of rotatable bonds is 24. The summed E-state index contributed by atoms with van der Waals surface area (Å²) in [4.78, 5) is 80.2. The zero-order valence-corrected chi connectivity index (χ0v) is 79.6. The Labute approximate surface area is 803 Å². The van der Waals surface area contributed by atoms with Crippen molar-refractivity contribution in [1.29, 1.82) is 0 Å². The van der Waals surface area contributed by atoms with Gasteiger partial charge in [0, 0.05) is 67.5 Å². The number of aromatic amines is 2. The van der Waals surface area contributed by atoms with Gasteiger partial charge in [0.15, 0.2) is 34.9 Å². The number of hydrogen-bond acceptors (Lipinski definition) is 14. The average Bonchev–Trinajstić information content (AvgIpc) is 1.45. The number of carbonyl (C=O) groups excluding carboxylic acids is 2. The van der Waals surface area contributed by atoms with E-state index in [1.54, 1.807) is 0 Å². The molecule has 16 heteroatoms. The van der Waals surface area contributed by atoms with Crippen molar-refractivity contribution in [2.45, 2.75) is 178 Å². The molecule has 10 aliphatic rings. The zero-order valence-electron chi connectivity index (χ0n) is 79.6. The normalized spacial score (nSPS) is 23.5. The van der Waals surface area contributed by atoms with Crippen LogP contribution < -0.4 is 18.9 Å². The number of nitrogens with zero attached hydrogens (tertiary/aromatic N) is 6. The summed E-state index contributed by atoms with van der Waals surface area (Å²) in [5.41, 5.74) is 15.4. The smallest absolute Gasteiger partial charge is 0.168 e. The number of fused-ring (bicyclic) bond motifs is 44. The van der Waals surface area contributed by atoms with Crippen molar-refractivity contribution in [2.75, 3.05) is 26.4 Å². The molecule has 16 bridgehead atoms. The van der Waals surface area contributed by atoms with E-state index in [0.29, 0.717) is 118 Å². The molecular formula is C122H110N8O8. The third kappa shape index (κ3) is 11.9. The fourth-order valence-corrected chi connectivity index (χ4v) is 26.3. The van der Waals surface area contributed by atoms with Crippen LogP contribution in [-0.2, 0) is 51.6 Å². The van der Waals surface area contributed by atoms with E-state index in [9.17, 15) is 0 Å². The molecule has 0 radical (unpaired) electrons. The molecule has 4 fully saturated rings. The maximum Gasteiger partial charge on any atom is 0.168 e. The van der Waals surface area contributed by atoms with Gasteiger partial charge in [0.2, 0.25) is 0 Å². The first-order chi connectivity index (χ1) is 67.4. The van der Waals surface area contributed by atoms with Crippen LogP contribution in [-0.4, -0.2) is 77.9 Å². The number of unbranched alkanes of at least 4 members (excludes halogenated alkanes) is 4. The highest BCUT2D eigenvalue weighted by molar-refractivity contribution is 6.32. The highest BCUT2D eigenvalue weighted by Crippen LogP contribution is 2.86. The van der Waals surface area contributed by atoms with Gasteiger partial charge >= 0.3 is 0 Å². The van der Waals surface area contributed by atoms with Crippen LogP contribution in [0.2, 0.25) is 0 Å². The Hall–Kier alpha value is -14.1. The lowest BCUT2D eigenvalue weighted by Gasteiger charge is -2.45. The number of hydrogen-bond donors (Lipinski definition) is 2. The Balaban J connectivity index is 0.799. The first-order valence-electron chi connectivity index (χ1n) is 49.9. The van der Waals surface area contributed by atoms with Crippen molar-refractivity contribution in [3.05, 3.63) is 357 Å². The lowest BCUT2D eigenvalue weighted by atomic mass is 9.54. The van der Waals surface area contributed by atoms with Crippen LogP contribution in [0.1, 0.15) is 223 Å². The first kappa shape index (κ1) is 85.6. The second-order valence-electron chi connectivity index (χ2n) is 41.3. The third-order valence-corrected chi connectivity index (χ3v) is 31.9. The van der Waals surface area contributed by atoms with E-state index in [1.165, 1.54) is 0 Å². The summed E-state index contributed by atoms with van der Waals surface area (Å²) < 4.78 is 47.5. The molecule has 686 valence electrons. The van der Waals surface area contributed by atoms with Crippen molar-refractivity contribution in [3.8, 4) is 68.5 Å². The molecule has 2 saturated heterocycles. The number of ketones is 2. The maximum absolute atomic E-state index is 18.2. The maximum atomic E-state index is 18.2. The highest BCUT2D eigenvalue weighted by atomic mass is 16.5. The molecule has 0 amide bonds. The lowest BCUT2D eigenvalue weighted by Crippen LogP contribution is -2.42. The summed E-state index contributed by atoms with van der Waals surface area (Å²) in [5.74, 6) is 1.85. The largest absolute Gasteiger partial charge is 0.492 e. The quantitative estimate of drug-likeness (QED) is 0.0542. The molecule has 0 spiro atoms. The average molecular weight is 1820 g/mol. The molecule has 9 heterocycles. The van der Waals surface area contributed by atoms with Gasteiger partial charge in [-0.1, -0.05) is 362 Å². The molecule has 12 atom stereocenters. The molecule has 25 rings (SSSR count). The molecule has 15 aromatic rings. The van der Waals surface area contributed by atoms with Gasteiger partial charge < -0.3 is 38.4 Å². The fourth-order valence-electron chi connectivity index (χ4n) is 26.3. The molecule has 138 heavy (non-hydrogen) atoms. The molecule has 2 saturated carbocycles. The number of H-pyrrole nitrogens is 2. The van der Waals surface area contributed by atoms with E-state index in [1.807, 2.05) is 0 Å². The highest BCUT2D eigenvalue weighted by Gasteiger charge is 2.85. The summed E-state index contributed by atoms with van der Waals surface area (Å²) in [6, 6.07) is 98.0. The van der Waals surface area contributed by atoms with E-state index in [0.717, 1.165) is 173 Å². The van der Waals surface area contributed by atoms with Gasteiger partial charge in [0.05, 0.1) is 94.8 Å². The van der Waals surface area contributed by atoms with Gasteiger partial charge in [-0.05, 0) is 127 Å². The number of benzene rings is 12. The van der Waals surface area contributed by atoms with E-state index in [2.05, 4.69) is 358 Å². The molecule has 3 aromatic heterocycles. The molecule has 4 unspecified atom stereocenters. The number of allylic oxidation sites excluding steroid dienone is 4. The van der Waals surface area contributed by atoms with Crippen LogP contribution in [0.25, 0.3) is 112 Å². The van der Waals surface area contributed by atoms with Crippen LogP contribution >= 0.6 is 0 Å². The van der Waals surface area contributed by atoms with Gasteiger partial charge in [-0.2, -0.15) is 0 Å². The minimum atomic E-state index is -1.29. The minimum absolute atomic E-state index is 0.122. The Bertz CT molecular complexity index is 7320. The van der Waals surface area contributed by atoms with Crippen LogP contribution in [0.15, 0.2) is 279 Å². The first-order valence-corrected chi connectivity index (χ1v) is 49.9. The topological polar surface area (TPSA) is 198 Å². The third-order valence-electron chi connectivity index (χ3n) is 31.9. The summed E-state index contributed by atoms with van der Waals surface area (Å²) in [6.45, 7) is 23.5. The molecule has 12 aromatic carbocycles. The second kappa shape index (κ2) is 32.3. The van der Waals surface area contributed by atoms with Crippen molar-refractivity contribution in [1.82, 2.24) is 39.9 Å². The molecule has 6 aliphatic heterocycles.